The summed E-state index contributed by atoms with van der Waals surface area (Å²) in [6, 6.07) is 14.6. The molecule has 6 nitrogen and oxygen atoms in total. The molecule has 4 rings (SSSR count). The number of aliphatic hydroxyl groups is 1. The first kappa shape index (κ1) is 21.2. The first-order valence-corrected chi connectivity index (χ1v) is 11.1. The maximum atomic E-state index is 13.0. The van der Waals surface area contributed by atoms with E-state index in [4.69, 9.17) is 0 Å². The number of nitrogens with one attached hydrogen (secondary N) is 1. The molecule has 2 heterocycles. The molecule has 0 bridgehead atoms. The van der Waals surface area contributed by atoms with E-state index >= 15 is 0 Å². The number of benzene rings is 2. The van der Waals surface area contributed by atoms with E-state index in [9.17, 15) is 14.7 Å². The molecule has 1 aromatic heterocycles. The van der Waals surface area contributed by atoms with Gasteiger partial charge in [0.25, 0.3) is 5.91 Å². The van der Waals surface area contributed by atoms with Crippen molar-refractivity contribution < 1.29 is 14.7 Å². The van der Waals surface area contributed by atoms with E-state index in [1.165, 1.54) is 4.90 Å². The second-order valence-corrected chi connectivity index (χ2v) is 8.71. The van der Waals surface area contributed by atoms with Crippen molar-refractivity contribution in [1.82, 2.24) is 15.2 Å². The summed E-state index contributed by atoms with van der Waals surface area (Å²) in [7, 11) is 0. The van der Waals surface area contributed by atoms with Crippen molar-refractivity contribution in [2.45, 2.75) is 39.0 Å². The minimum atomic E-state index is -0.703. The van der Waals surface area contributed by atoms with Crippen LogP contribution in [0.4, 0.5) is 0 Å². The molecule has 2 amide bonds. The summed E-state index contributed by atoms with van der Waals surface area (Å²) in [5.41, 5.74) is 6.31. The molecule has 2 atom stereocenters. The van der Waals surface area contributed by atoms with Gasteiger partial charge in [0.1, 0.15) is 6.04 Å². The fourth-order valence-corrected chi connectivity index (χ4v) is 4.73. The number of thiazole rings is 1. The molecule has 0 spiro atoms. The summed E-state index contributed by atoms with van der Waals surface area (Å²) in [5, 5.41) is 13.1. The lowest BCUT2D eigenvalue weighted by Crippen LogP contribution is -2.45. The number of hydrogen-bond acceptors (Lipinski definition) is 5. The summed E-state index contributed by atoms with van der Waals surface area (Å²) in [4.78, 5) is 32.8. The fraction of sp³-hybridized carbons (Fsp3) is 0.292. The van der Waals surface area contributed by atoms with Crippen LogP contribution in [0, 0.1) is 13.8 Å². The van der Waals surface area contributed by atoms with Crippen molar-refractivity contribution >= 4 is 23.2 Å². The zero-order chi connectivity index (χ0) is 22.0. The zero-order valence-electron chi connectivity index (χ0n) is 17.5. The van der Waals surface area contributed by atoms with Crippen molar-refractivity contribution in [3.8, 4) is 10.4 Å². The molecular weight excluding hydrogens is 410 g/mol. The van der Waals surface area contributed by atoms with Crippen LogP contribution in [0.2, 0.25) is 0 Å². The van der Waals surface area contributed by atoms with Gasteiger partial charge in [0.15, 0.2) is 0 Å². The van der Waals surface area contributed by atoms with Crippen molar-refractivity contribution in [3.63, 3.8) is 0 Å². The normalized spacial score (nSPS) is 18.2. The second-order valence-electron chi connectivity index (χ2n) is 7.86. The third-order valence-electron chi connectivity index (χ3n) is 5.65. The van der Waals surface area contributed by atoms with Crippen LogP contribution in [0.15, 0.2) is 54.0 Å². The molecule has 1 fully saturated rings. The zero-order valence-corrected chi connectivity index (χ0v) is 18.4. The number of aryl methyl sites for hydroxylation is 2. The molecule has 0 radical (unpaired) electrons. The van der Waals surface area contributed by atoms with Crippen LogP contribution in [-0.4, -0.2) is 45.5 Å². The standard InChI is InChI=1S/C24H25N3O3S/c1-15-5-3-4-6-20(15)24(30)27-13-19(28)11-21(27)23(29)25-12-17-7-9-18(10-8-17)22-16(2)26-14-31-22/h3-10,14,19,21,28H,11-13H2,1-2H3,(H,25,29). The van der Waals surface area contributed by atoms with E-state index in [2.05, 4.69) is 10.3 Å². The van der Waals surface area contributed by atoms with Crippen molar-refractivity contribution in [1.29, 1.82) is 0 Å². The lowest BCUT2D eigenvalue weighted by molar-refractivity contribution is -0.125. The lowest BCUT2D eigenvalue weighted by Gasteiger charge is -2.24. The highest BCUT2D eigenvalue weighted by atomic mass is 32.1. The van der Waals surface area contributed by atoms with Gasteiger partial charge in [-0.2, -0.15) is 0 Å². The van der Waals surface area contributed by atoms with Gasteiger partial charge in [-0.25, -0.2) is 4.98 Å². The Kier molecular flexibility index (Phi) is 6.15. The van der Waals surface area contributed by atoms with Crippen LogP contribution >= 0.6 is 11.3 Å². The highest BCUT2D eigenvalue weighted by Gasteiger charge is 2.39. The molecule has 160 valence electrons. The van der Waals surface area contributed by atoms with E-state index in [1.807, 2.05) is 55.8 Å². The van der Waals surface area contributed by atoms with Gasteiger partial charge in [-0.1, -0.05) is 42.5 Å². The topological polar surface area (TPSA) is 82.5 Å². The molecule has 2 N–H and O–H groups in total. The van der Waals surface area contributed by atoms with E-state index in [-0.39, 0.29) is 24.8 Å². The van der Waals surface area contributed by atoms with Crippen LogP contribution < -0.4 is 5.32 Å². The maximum absolute atomic E-state index is 13.0. The summed E-state index contributed by atoms with van der Waals surface area (Å²) < 4.78 is 0. The van der Waals surface area contributed by atoms with Gasteiger partial charge in [-0.15, -0.1) is 11.3 Å². The molecule has 31 heavy (non-hydrogen) atoms. The number of hydrogen-bond donors (Lipinski definition) is 2. The Bertz CT molecular complexity index is 1090. The number of aliphatic hydroxyl groups excluding tert-OH is 1. The maximum Gasteiger partial charge on any atom is 0.254 e. The Balaban J connectivity index is 1.42. The van der Waals surface area contributed by atoms with Gasteiger partial charge >= 0.3 is 0 Å². The first-order valence-electron chi connectivity index (χ1n) is 10.3. The van der Waals surface area contributed by atoms with Crippen LogP contribution in [0.25, 0.3) is 10.4 Å². The van der Waals surface area contributed by atoms with Crippen LogP contribution in [-0.2, 0) is 11.3 Å². The number of amides is 2. The number of rotatable bonds is 5. The van der Waals surface area contributed by atoms with Crippen molar-refractivity contribution in [3.05, 3.63) is 76.4 Å². The van der Waals surface area contributed by atoms with Gasteiger partial charge in [0.05, 0.1) is 22.2 Å². The van der Waals surface area contributed by atoms with Gasteiger partial charge in [0, 0.05) is 25.1 Å². The Hall–Kier alpha value is -3.03. The lowest BCUT2D eigenvalue weighted by atomic mass is 10.1. The van der Waals surface area contributed by atoms with E-state index in [0.29, 0.717) is 12.1 Å². The molecule has 1 aliphatic heterocycles. The number of carbonyl (C=O) groups is 2. The summed E-state index contributed by atoms with van der Waals surface area (Å²) >= 11 is 1.60. The number of β-amino-alcohol motifs (C(OH)–C–C–N with tert-alkyl or cyclic N) is 1. The summed E-state index contributed by atoms with van der Waals surface area (Å²) in [5.74, 6) is -0.472. The molecule has 2 aromatic carbocycles. The Morgan fingerprint density at radius 1 is 1.16 bits per heavy atom. The molecule has 7 heteroatoms. The number of carbonyl (C=O) groups excluding carboxylic acids is 2. The van der Waals surface area contributed by atoms with E-state index in [1.54, 1.807) is 23.5 Å². The Labute approximate surface area is 185 Å². The van der Waals surface area contributed by atoms with Crippen LogP contribution in [0.1, 0.15) is 33.6 Å². The van der Waals surface area contributed by atoms with Crippen molar-refractivity contribution in [2.75, 3.05) is 6.54 Å². The predicted molar refractivity (Wildman–Crippen MR) is 121 cm³/mol. The minimum Gasteiger partial charge on any atom is -0.391 e. The number of nitrogens with zero attached hydrogens (tertiary/aromatic N) is 2. The molecule has 0 saturated carbocycles. The van der Waals surface area contributed by atoms with E-state index in [0.717, 1.165) is 27.3 Å². The summed E-state index contributed by atoms with van der Waals surface area (Å²) in [6.07, 6.45) is -0.460. The van der Waals surface area contributed by atoms with E-state index < -0.39 is 12.1 Å². The van der Waals surface area contributed by atoms with Crippen LogP contribution in [0.5, 0.6) is 0 Å². The molecular formula is C24H25N3O3S. The SMILES string of the molecule is Cc1ccccc1C(=O)N1CC(O)CC1C(=O)NCc1ccc(-c2scnc2C)cc1. The third-order valence-corrected chi connectivity index (χ3v) is 6.62. The Morgan fingerprint density at radius 3 is 2.58 bits per heavy atom. The van der Waals surface area contributed by atoms with Gasteiger partial charge in [0.2, 0.25) is 5.91 Å². The molecule has 0 aliphatic carbocycles. The molecule has 3 aromatic rings. The minimum absolute atomic E-state index is 0.161. The van der Waals surface area contributed by atoms with Gasteiger partial charge < -0.3 is 15.3 Å². The smallest absolute Gasteiger partial charge is 0.254 e. The average Bonchev–Trinajstić information content (AvgIpc) is 3.38. The largest absolute Gasteiger partial charge is 0.391 e. The predicted octanol–water partition coefficient (Wildman–Crippen LogP) is 3.32. The third kappa shape index (κ3) is 4.52. The molecule has 1 saturated heterocycles. The highest BCUT2D eigenvalue weighted by molar-refractivity contribution is 7.13. The molecule has 2 unspecified atom stereocenters. The second kappa shape index (κ2) is 8.99. The summed E-state index contributed by atoms with van der Waals surface area (Å²) in [6.45, 7) is 4.38. The first-order chi connectivity index (χ1) is 14.9. The van der Waals surface area contributed by atoms with Gasteiger partial charge in [-0.05, 0) is 36.6 Å². The molecule has 1 aliphatic rings. The fourth-order valence-electron chi connectivity index (χ4n) is 3.91. The van der Waals surface area contributed by atoms with Crippen LogP contribution in [0.3, 0.4) is 0 Å². The Morgan fingerprint density at radius 2 is 1.90 bits per heavy atom. The number of likely N-dealkylation sites (tertiary alicyclic amines) is 1. The quantitative estimate of drug-likeness (QED) is 0.644. The van der Waals surface area contributed by atoms with Crippen molar-refractivity contribution in [2.24, 2.45) is 0 Å². The average molecular weight is 436 g/mol. The van der Waals surface area contributed by atoms with Gasteiger partial charge in [-0.3, -0.25) is 9.59 Å². The number of aromatic nitrogens is 1. The highest BCUT2D eigenvalue weighted by Crippen LogP contribution is 2.27. The monoisotopic (exact) mass is 435 g/mol.